The van der Waals surface area contributed by atoms with Crippen LogP contribution in [0.15, 0.2) is 11.6 Å². The number of hydrogen-bond acceptors (Lipinski definition) is 9. The molecule has 45 heavy (non-hydrogen) atoms. The summed E-state index contributed by atoms with van der Waals surface area (Å²) in [6.45, 7) is 16.7. The second-order valence-corrected chi connectivity index (χ2v) is 17.4. The zero-order valence-electron chi connectivity index (χ0n) is 28.8. The molecule has 7 N–H and O–H groups in total. The van der Waals surface area contributed by atoms with Gasteiger partial charge >= 0.3 is 0 Å². The van der Waals surface area contributed by atoms with Crippen LogP contribution < -0.4 is 0 Å². The summed E-state index contributed by atoms with van der Waals surface area (Å²) in [5, 5.41) is 76.9. The van der Waals surface area contributed by atoms with Gasteiger partial charge in [-0.3, -0.25) is 0 Å². The molecule has 0 aromatic carbocycles. The van der Waals surface area contributed by atoms with Crippen molar-refractivity contribution in [3.05, 3.63) is 11.6 Å². The van der Waals surface area contributed by atoms with Crippen LogP contribution >= 0.6 is 0 Å². The zero-order chi connectivity index (χ0) is 33.5. The lowest BCUT2D eigenvalue weighted by molar-refractivity contribution is -0.336. The Hall–Kier alpha value is -0.620. The summed E-state index contributed by atoms with van der Waals surface area (Å²) in [6.07, 6.45) is -0.678. The van der Waals surface area contributed by atoms with Crippen molar-refractivity contribution in [1.29, 1.82) is 0 Å². The van der Waals surface area contributed by atoms with Gasteiger partial charge in [-0.25, -0.2) is 0 Å². The Morgan fingerprint density at radius 2 is 1.56 bits per heavy atom. The first-order valence-corrected chi connectivity index (χ1v) is 17.4. The van der Waals surface area contributed by atoms with Crippen LogP contribution in [0.4, 0.5) is 0 Å². The van der Waals surface area contributed by atoms with Gasteiger partial charge in [0.15, 0.2) is 6.29 Å². The van der Waals surface area contributed by atoms with E-state index in [1.165, 1.54) is 5.57 Å². The van der Waals surface area contributed by atoms with E-state index in [9.17, 15) is 35.7 Å². The molecule has 4 saturated carbocycles. The summed E-state index contributed by atoms with van der Waals surface area (Å²) in [5.74, 6) is -0.154. The number of fused-ring (bicyclic) bond motifs is 5. The van der Waals surface area contributed by atoms with E-state index in [1.54, 1.807) is 0 Å². The molecule has 9 heteroatoms. The summed E-state index contributed by atoms with van der Waals surface area (Å²) < 4.78 is 12.6. The molecule has 0 aromatic heterocycles. The monoisotopic (exact) mass is 638 g/mol. The largest absolute Gasteiger partial charge is 0.394 e. The first kappa shape index (κ1) is 35.7. The molecule has 4 aliphatic carbocycles. The van der Waals surface area contributed by atoms with Crippen LogP contribution in [-0.2, 0) is 9.47 Å². The summed E-state index contributed by atoms with van der Waals surface area (Å²) in [4.78, 5) is 0. The molecule has 5 fully saturated rings. The van der Waals surface area contributed by atoms with Gasteiger partial charge in [-0.15, -0.1) is 0 Å². The predicted octanol–water partition coefficient (Wildman–Crippen LogP) is 3.30. The minimum Gasteiger partial charge on any atom is -0.394 e. The normalized spacial score (nSPS) is 52.2. The Balaban J connectivity index is 1.51. The van der Waals surface area contributed by atoms with Crippen molar-refractivity contribution < 1.29 is 45.2 Å². The van der Waals surface area contributed by atoms with E-state index in [-0.39, 0.29) is 39.9 Å². The maximum atomic E-state index is 12.2. The molecule has 0 bridgehead atoms. The molecule has 16 atom stereocenters. The van der Waals surface area contributed by atoms with E-state index in [1.807, 2.05) is 20.8 Å². The van der Waals surface area contributed by atoms with Gasteiger partial charge < -0.3 is 45.2 Å². The highest BCUT2D eigenvalue weighted by molar-refractivity contribution is 5.21. The Labute approximate surface area is 270 Å². The van der Waals surface area contributed by atoms with Crippen molar-refractivity contribution in [3.8, 4) is 0 Å². The van der Waals surface area contributed by atoms with E-state index >= 15 is 0 Å². The third kappa shape index (κ3) is 5.39. The molecule has 0 radical (unpaired) electrons. The van der Waals surface area contributed by atoms with Gasteiger partial charge in [-0.05, 0) is 117 Å². The number of aliphatic hydroxyl groups excluding tert-OH is 7. The highest BCUT2D eigenvalue weighted by atomic mass is 16.7. The second-order valence-electron chi connectivity index (χ2n) is 17.4. The first-order valence-electron chi connectivity index (χ1n) is 17.4. The molecule has 260 valence electrons. The topological polar surface area (TPSA) is 160 Å². The Morgan fingerprint density at radius 3 is 2.18 bits per heavy atom. The Bertz CT molecular complexity index is 1110. The van der Waals surface area contributed by atoms with Gasteiger partial charge in [0.25, 0.3) is 0 Å². The van der Waals surface area contributed by atoms with Gasteiger partial charge in [-0.2, -0.15) is 0 Å². The minimum atomic E-state index is -1.53. The van der Waals surface area contributed by atoms with Crippen LogP contribution in [0, 0.1) is 45.3 Å². The van der Waals surface area contributed by atoms with Gasteiger partial charge in [-0.1, -0.05) is 46.3 Å². The van der Waals surface area contributed by atoms with Crippen molar-refractivity contribution in [2.45, 2.75) is 161 Å². The number of aliphatic hydroxyl groups is 7. The summed E-state index contributed by atoms with van der Waals surface area (Å²) in [7, 11) is 0. The molecule has 1 aliphatic heterocycles. The lowest BCUT2D eigenvalue weighted by Crippen LogP contribution is -2.70. The minimum absolute atomic E-state index is 0.0692. The molecular formula is C36H62O9. The average Bonchev–Trinajstić information content (AvgIpc) is 3.33. The number of ether oxygens (including phenoxy) is 2. The standard InChI is InChI=1S/C36H62O9/c1-19(2)10-9-13-36(8,45-31-29(43)28(42)27(41)23(18-37)44-31)20-11-15-34(6)26(20)21(38)16-24-33(5)14-12-25(40)32(3,4)30(33)22(39)17-35(24,34)7/h10,20-31,37-43H,9,11-18H2,1-8H3/t20-,21+,22-,23+,24-,25-,26-,27+,28-,29-,30-,31-,33+,34+,35+,36-/m0/s1. The van der Waals surface area contributed by atoms with Crippen molar-refractivity contribution in [1.82, 2.24) is 0 Å². The molecule has 0 amide bonds. The van der Waals surface area contributed by atoms with Crippen molar-refractivity contribution in [2.75, 3.05) is 6.61 Å². The van der Waals surface area contributed by atoms with Crippen molar-refractivity contribution >= 4 is 0 Å². The molecule has 5 aliphatic rings. The van der Waals surface area contributed by atoms with Gasteiger partial charge in [0.1, 0.15) is 24.4 Å². The highest BCUT2D eigenvalue weighted by Crippen LogP contribution is 2.76. The third-order valence-electron chi connectivity index (χ3n) is 14.5. The number of hydrogen-bond donors (Lipinski definition) is 7. The lowest BCUT2D eigenvalue weighted by Gasteiger charge is -2.71. The average molecular weight is 639 g/mol. The fourth-order valence-corrected chi connectivity index (χ4v) is 12.0. The highest BCUT2D eigenvalue weighted by Gasteiger charge is 2.73. The predicted molar refractivity (Wildman–Crippen MR) is 170 cm³/mol. The fraction of sp³-hybridized carbons (Fsp3) is 0.944. The van der Waals surface area contributed by atoms with Gasteiger partial charge in [0.05, 0.1) is 30.5 Å². The molecule has 1 saturated heterocycles. The van der Waals surface area contributed by atoms with E-state index in [0.29, 0.717) is 32.1 Å². The quantitative estimate of drug-likeness (QED) is 0.208. The van der Waals surface area contributed by atoms with E-state index in [2.05, 4.69) is 40.7 Å². The van der Waals surface area contributed by atoms with Crippen molar-refractivity contribution in [3.63, 3.8) is 0 Å². The number of rotatable bonds is 7. The molecule has 0 unspecified atom stereocenters. The van der Waals surface area contributed by atoms with Gasteiger partial charge in [0.2, 0.25) is 0 Å². The molecule has 9 nitrogen and oxygen atoms in total. The summed E-state index contributed by atoms with van der Waals surface area (Å²) in [6, 6.07) is 0. The summed E-state index contributed by atoms with van der Waals surface area (Å²) in [5.41, 5.74) is -0.944. The van der Waals surface area contributed by atoms with E-state index < -0.39 is 66.6 Å². The molecule has 1 heterocycles. The molecular weight excluding hydrogens is 576 g/mol. The second kappa shape index (κ2) is 12.1. The third-order valence-corrected chi connectivity index (χ3v) is 14.5. The van der Waals surface area contributed by atoms with Crippen molar-refractivity contribution in [2.24, 2.45) is 45.3 Å². The smallest absolute Gasteiger partial charge is 0.187 e. The van der Waals surface area contributed by atoms with Gasteiger partial charge in [0, 0.05) is 0 Å². The van der Waals surface area contributed by atoms with Crippen LogP contribution in [0.3, 0.4) is 0 Å². The molecule has 0 spiro atoms. The van der Waals surface area contributed by atoms with E-state index in [0.717, 1.165) is 19.3 Å². The zero-order valence-corrected chi connectivity index (χ0v) is 28.8. The SMILES string of the molecule is CC(C)=CCC[C@](C)(O[C@@H]1O[C@H](CO)[C@@H](O)[C@H](O)[C@@H]1O)[C@H]1CC[C@]2(C)[C@@H]1[C@H](O)C[C@H]1[C@@]3(C)CC[C@H](O)C(C)(C)[C@@H]3[C@@H](O)C[C@]12C. The molecule has 0 aromatic rings. The van der Waals surface area contributed by atoms with E-state index in [4.69, 9.17) is 9.47 Å². The van der Waals surface area contributed by atoms with Crippen LogP contribution in [0.5, 0.6) is 0 Å². The van der Waals surface area contributed by atoms with Crippen LogP contribution in [0.1, 0.15) is 107 Å². The Kier molecular flexibility index (Phi) is 9.56. The van der Waals surface area contributed by atoms with Crippen LogP contribution in [-0.4, -0.2) is 97.0 Å². The van der Waals surface area contributed by atoms with Crippen LogP contribution in [0.2, 0.25) is 0 Å². The number of allylic oxidation sites excluding steroid dienone is 2. The lowest BCUT2D eigenvalue weighted by atomic mass is 9.34. The Morgan fingerprint density at radius 1 is 0.889 bits per heavy atom. The van der Waals surface area contributed by atoms with Crippen LogP contribution in [0.25, 0.3) is 0 Å². The maximum absolute atomic E-state index is 12.2. The fourth-order valence-electron chi connectivity index (χ4n) is 12.0. The first-order chi connectivity index (χ1) is 20.8. The molecule has 5 rings (SSSR count). The summed E-state index contributed by atoms with van der Waals surface area (Å²) >= 11 is 0. The maximum Gasteiger partial charge on any atom is 0.187 e.